The van der Waals surface area contributed by atoms with Gasteiger partial charge in [0.05, 0.1) is 16.7 Å². The van der Waals surface area contributed by atoms with Crippen molar-refractivity contribution in [2.45, 2.75) is 13.5 Å². The predicted molar refractivity (Wildman–Crippen MR) is 104 cm³/mol. The van der Waals surface area contributed by atoms with Crippen molar-refractivity contribution in [2.24, 2.45) is 5.10 Å². The normalized spacial score (nSPS) is 11.5. The topological polar surface area (TPSA) is 131 Å². The zero-order valence-electron chi connectivity index (χ0n) is 14.8. The lowest BCUT2D eigenvalue weighted by Crippen LogP contribution is -2.02. The second-order valence-electron chi connectivity index (χ2n) is 5.91. The van der Waals surface area contributed by atoms with E-state index < -0.39 is 16.4 Å². The summed E-state index contributed by atoms with van der Waals surface area (Å²) in [7, 11) is 0. The van der Waals surface area contributed by atoms with Crippen LogP contribution in [-0.4, -0.2) is 36.0 Å². The highest BCUT2D eigenvalue weighted by Crippen LogP contribution is 2.28. The van der Waals surface area contributed by atoms with E-state index in [0.29, 0.717) is 17.7 Å². The lowest BCUT2D eigenvalue weighted by molar-refractivity contribution is -0.385. The monoisotopic (exact) mass is 377 g/mol. The molecule has 0 unspecified atom stereocenters. The van der Waals surface area contributed by atoms with Gasteiger partial charge in [-0.15, -0.1) is 10.2 Å². The summed E-state index contributed by atoms with van der Waals surface area (Å²) in [5.41, 5.74) is 4.84. The summed E-state index contributed by atoms with van der Waals surface area (Å²) >= 11 is 0. The number of nitro groups is 1. The van der Waals surface area contributed by atoms with Crippen molar-refractivity contribution in [2.75, 3.05) is 5.43 Å². The van der Waals surface area contributed by atoms with Crippen LogP contribution in [0.4, 0.5) is 11.6 Å². The van der Waals surface area contributed by atoms with E-state index in [1.165, 1.54) is 24.4 Å². The number of rotatable bonds is 5. The number of fused-ring (bicyclic) bond motifs is 3. The number of aryl methyl sites for hydroxylation is 1. The van der Waals surface area contributed by atoms with E-state index in [1.807, 2.05) is 35.8 Å². The molecule has 0 saturated carbocycles. The largest absolute Gasteiger partial charge is 0.502 e. The average Bonchev–Trinajstić information content (AvgIpc) is 3.02. The molecule has 0 aliphatic carbocycles. The fraction of sp³-hybridized carbons (Fsp3) is 0.111. The molecule has 0 amide bonds. The van der Waals surface area contributed by atoms with Gasteiger partial charge >= 0.3 is 5.69 Å². The molecule has 2 N–H and O–H groups in total. The van der Waals surface area contributed by atoms with Crippen molar-refractivity contribution >= 4 is 39.9 Å². The number of nitrogens with one attached hydrogen (secondary N) is 1. The SMILES string of the molecule is CCn1c2ccccc2c2nnc(N/N=C/c3cccc([N+](=O)[O-])c3O)nc21. The van der Waals surface area contributed by atoms with Gasteiger partial charge < -0.3 is 9.67 Å². The standard InChI is InChI=1S/C18H15N7O3/c1-2-24-13-8-4-3-7-12(13)15-17(24)20-18(23-21-15)22-19-10-11-6-5-9-14(16(11)26)25(27)28/h3-10,26H,2H2,1H3,(H,20,22,23)/b19-10+. The third kappa shape index (κ3) is 2.86. The van der Waals surface area contributed by atoms with E-state index in [0.717, 1.165) is 10.9 Å². The number of hydrazone groups is 1. The molecule has 0 atom stereocenters. The van der Waals surface area contributed by atoms with E-state index in [-0.39, 0.29) is 11.5 Å². The van der Waals surface area contributed by atoms with Crippen molar-refractivity contribution in [1.82, 2.24) is 19.7 Å². The Kier molecular flexibility index (Phi) is 4.28. The summed E-state index contributed by atoms with van der Waals surface area (Å²) in [6, 6.07) is 12.0. The Balaban J connectivity index is 1.66. The lowest BCUT2D eigenvalue weighted by atomic mass is 10.2. The Morgan fingerprint density at radius 3 is 2.86 bits per heavy atom. The molecule has 0 fully saturated rings. The third-order valence-corrected chi connectivity index (χ3v) is 4.30. The van der Waals surface area contributed by atoms with Crippen molar-refractivity contribution in [3.63, 3.8) is 0 Å². The molecule has 0 aliphatic heterocycles. The number of phenols is 1. The van der Waals surface area contributed by atoms with Gasteiger partial charge in [-0.05, 0) is 19.1 Å². The summed E-state index contributed by atoms with van der Waals surface area (Å²) < 4.78 is 2.03. The molecule has 10 heteroatoms. The van der Waals surface area contributed by atoms with Gasteiger partial charge in [0.1, 0.15) is 5.52 Å². The average molecular weight is 377 g/mol. The first-order valence-corrected chi connectivity index (χ1v) is 8.47. The van der Waals surface area contributed by atoms with E-state index in [2.05, 4.69) is 25.7 Å². The van der Waals surface area contributed by atoms with E-state index in [9.17, 15) is 15.2 Å². The van der Waals surface area contributed by atoms with Crippen molar-refractivity contribution in [3.05, 3.63) is 58.1 Å². The number of phenolic OH excluding ortho intramolecular Hbond substituents is 1. The summed E-state index contributed by atoms with van der Waals surface area (Å²) in [6.45, 7) is 2.73. The van der Waals surface area contributed by atoms with Crippen molar-refractivity contribution < 1.29 is 10.0 Å². The summed E-state index contributed by atoms with van der Waals surface area (Å²) in [4.78, 5) is 14.7. The van der Waals surface area contributed by atoms with Crippen LogP contribution in [0.3, 0.4) is 0 Å². The molecule has 0 radical (unpaired) electrons. The second-order valence-corrected chi connectivity index (χ2v) is 5.91. The van der Waals surface area contributed by atoms with E-state index in [4.69, 9.17) is 0 Å². The molecule has 2 aromatic carbocycles. The van der Waals surface area contributed by atoms with Gasteiger partial charge in [-0.3, -0.25) is 10.1 Å². The Morgan fingerprint density at radius 1 is 1.25 bits per heavy atom. The molecule has 0 spiro atoms. The second kappa shape index (κ2) is 6.91. The number of hydrogen-bond donors (Lipinski definition) is 2. The van der Waals surface area contributed by atoms with Gasteiger partial charge in [0.25, 0.3) is 5.95 Å². The molecule has 4 aromatic rings. The van der Waals surface area contributed by atoms with Crippen molar-refractivity contribution in [3.8, 4) is 5.75 Å². The maximum atomic E-state index is 10.9. The number of nitro benzene ring substituents is 1. The molecular weight excluding hydrogens is 362 g/mol. The van der Waals surface area contributed by atoms with Gasteiger partial charge in [0, 0.05) is 23.6 Å². The Morgan fingerprint density at radius 2 is 2.07 bits per heavy atom. The van der Waals surface area contributed by atoms with Crippen LogP contribution in [-0.2, 0) is 6.54 Å². The number of nitrogens with zero attached hydrogens (tertiary/aromatic N) is 6. The van der Waals surface area contributed by atoms with E-state index in [1.54, 1.807) is 0 Å². The Labute approximate surface area is 158 Å². The Hall–Kier alpha value is -4.08. The number of anilines is 1. The van der Waals surface area contributed by atoms with Crippen LogP contribution >= 0.6 is 0 Å². The van der Waals surface area contributed by atoms with Crippen molar-refractivity contribution in [1.29, 1.82) is 0 Å². The first-order valence-electron chi connectivity index (χ1n) is 8.47. The molecule has 4 rings (SSSR count). The molecule has 2 aromatic heterocycles. The molecule has 2 heterocycles. The maximum absolute atomic E-state index is 10.9. The van der Waals surface area contributed by atoms with Gasteiger partial charge in [-0.2, -0.15) is 10.1 Å². The molecule has 10 nitrogen and oxygen atoms in total. The summed E-state index contributed by atoms with van der Waals surface area (Å²) in [5.74, 6) is -0.287. The summed E-state index contributed by atoms with van der Waals surface area (Å²) in [5, 5.41) is 34.0. The first-order chi connectivity index (χ1) is 13.6. The van der Waals surface area contributed by atoms with Crippen LogP contribution in [0.2, 0.25) is 0 Å². The highest BCUT2D eigenvalue weighted by atomic mass is 16.6. The molecule has 0 saturated heterocycles. The highest BCUT2D eigenvalue weighted by molar-refractivity contribution is 6.04. The zero-order chi connectivity index (χ0) is 19.7. The fourth-order valence-electron chi connectivity index (χ4n) is 3.03. The fourth-order valence-corrected chi connectivity index (χ4v) is 3.03. The first kappa shape index (κ1) is 17.3. The van der Waals surface area contributed by atoms with Gasteiger partial charge in [-0.25, -0.2) is 5.43 Å². The minimum absolute atomic E-state index is 0.172. The molecule has 28 heavy (non-hydrogen) atoms. The van der Waals surface area contributed by atoms with Gasteiger partial charge in [0.2, 0.25) is 5.75 Å². The van der Waals surface area contributed by atoms with Crippen LogP contribution in [0.25, 0.3) is 22.1 Å². The number of benzene rings is 2. The van der Waals surface area contributed by atoms with Gasteiger partial charge in [-0.1, -0.05) is 24.3 Å². The van der Waals surface area contributed by atoms with Crippen LogP contribution in [0.15, 0.2) is 47.6 Å². The molecular formula is C18H15N7O3. The van der Waals surface area contributed by atoms with Crippen LogP contribution in [0, 0.1) is 10.1 Å². The smallest absolute Gasteiger partial charge is 0.311 e. The number of para-hydroxylation sites is 2. The molecule has 0 aliphatic rings. The zero-order valence-corrected chi connectivity index (χ0v) is 14.8. The molecule has 140 valence electrons. The Bertz CT molecular complexity index is 1230. The van der Waals surface area contributed by atoms with E-state index >= 15 is 0 Å². The van der Waals surface area contributed by atoms with Crippen LogP contribution < -0.4 is 5.43 Å². The number of aromatic hydroxyl groups is 1. The van der Waals surface area contributed by atoms with Crippen LogP contribution in [0.5, 0.6) is 5.75 Å². The van der Waals surface area contributed by atoms with Crippen LogP contribution in [0.1, 0.15) is 12.5 Å². The minimum Gasteiger partial charge on any atom is -0.502 e. The van der Waals surface area contributed by atoms with Gasteiger partial charge in [0.15, 0.2) is 5.65 Å². The predicted octanol–water partition coefficient (Wildman–Crippen LogP) is 3.06. The summed E-state index contributed by atoms with van der Waals surface area (Å²) in [6.07, 6.45) is 1.26. The number of aromatic nitrogens is 4. The molecule has 0 bridgehead atoms. The lowest BCUT2D eigenvalue weighted by Gasteiger charge is -2.03. The highest BCUT2D eigenvalue weighted by Gasteiger charge is 2.15. The quantitative estimate of drug-likeness (QED) is 0.310. The number of hydrogen-bond acceptors (Lipinski definition) is 8. The minimum atomic E-state index is -0.662. The third-order valence-electron chi connectivity index (χ3n) is 4.30. The maximum Gasteiger partial charge on any atom is 0.311 e.